The Balaban J connectivity index is 2.74. The van der Waals surface area contributed by atoms with Gasteiger partial charge >= 0.3 is 0 Å². The Hall–Kier alpha value is -1.79. The van der Waals surface area contributed by atoms with Gasteiger partial charge in [-0.25, -0.2) is 0 Å². The molecule has 0 atom stereocenters. The van der Waals surface area contributed by atoms with Crippen LogP contribution in [-0.2, 0) is 0 Å². The number of carbonyl (C=O) groups excluding carboxylic acids is 1. The van der Waals surface area contributed by atoms with E-state index in [0.717, 1.165) is 11.3 Å². The number of nitriles is 1. The average Bonchev–Trinajstić information content (AvgIpc) is 2.51. The number of hydrogen-bond donors (Lipinski definition) is 0. The summed E-state index contributed by atoms with van der Waals surface area (Å²) in [5, 5.41) is 9.90. The van der Waals surface area contributed by atoms with Crippen molar-refractivity contribution in [2.45, 2.75) is 33.2 Å². The van der Waals surface area contributed by atoms with Crippen LogP contribution in [0.1, 0.15) is 38.1 Å². The standard InChI is InChI=1S/C15H15ClN2O/c1-9(2)13(8-17)18-12-6-5-10(16)7-11(12)14(19)15(18,3)4/h5-7H,1-4H3. The second-order valence-corrected chi connectivity index (χ2v) is 5.78. The molecular weight excluding hydrogens is 260 g/mol. The highest BCUT2D eigenvalue weighted by molar-refractivity contribution is 6.31. The number of rotatable bonds is 1. The Morgan fingerprint density at radius 2 is 2.00 bits per heavy atom. The van der Waals surface area contributed by atoms with Crippen LogP contribution in [0.4, 0.5) is 5.69 Å². The van der Waals surface area contributed by atoms with Crippen LogP contribution in [0, 0.1) is 11.3 Å². The van der Waals surface area contributed by atoms with Gasteiger partial charge in [0.15, 0.2) is 5.78 Å². The zero-order valence-corrected chi connectivity index (χ0v) is 12.2. The van der Waals surface area contributed by atoms with Crippen LogP contribution >= 0.6 is 11.6 Å². The van der Waals surface area contributed by atoms with E-state index in [1.807, 2.05) is 27.7 Å². The molecule has 1 aromatic carbocycles. The van der Waals surface area contributed by atoms with Crippen LogP contribution in [0.15, 0.2) is 29.5 Å². The van der Waals surface area contributed by atoms with Gasteiger partial charge in [-0.05, 0) is 51.5 Å². The van der Waals surface area contributed by atoms with Gasteiger partial charge in [-0.2, -0.15) is 5.26 Å². The van der Waals surface area contributed by atoms with E-state index in [2.05, 4.69) is 6.07 Å². The number of carbonyl (C=O) groups is 1. The summed E-state index contributed by atoms with van der Waals surface area (Å²) in [5.41, 5.74) is 1.95. The SMILES string of the molecule is CC(C)=C(C#N)N1c2ccc(Cl)cc2C(=O)C1(C)C. The van der Waals surface area contributed by atoms with E-state index < -0.39 is 5.54 Å². The fraction of sp³-hybridized carbons (Fsp3) is 0.333. The minimum Gasteiger partial charge on any atom is -0.319 e. The Kier molecular flexibility index (Phi) is 3.15. The maximum atomic E-state index is 12.5. The van der Waals surface area contributed by atoms with Crippen molar-refractivity contribution in [3.63, 3.8) is 0 Å². The minimum atomic E-state index is -0.769. The zero-order chi connectivity index (χ0) is 14.4. The first-order valence-corrected chi connectivity index (χ1v) is 6.40. The lowest BCUT2D eigenvalue weighted by Crippen LogP contribution is -2.44. The molecule has 98 valence electrons. The molecule has 2 rings (SSSR count). The summed E-state index contributed by atoms with van der Waals surface area (Å²) in [6.45, 7) is 7.38. The van der Waals surface area contributed by atoms with Crippen molar-refractivity contribution >= 4 is 23.1 Å². The number of fused-ring (bicyclic) bond motifs is 1. The highest BCUT2D eigenvalue weighted by Crippen LogP contribution is 2.42. The van der Waals surface area contributed by atoms with Crippen LogP contribution in [0.25, 0.3) is 0 Å². The van der Waals surface area contributed by atoms with Crippen LogP contribution < -0.4 is 4.90 Å². The quantitative estimate of drug-likeness (QED) is 0.729. The summed E-state index contributed by atoms with van der Waals surface area (Å²) in [6, 6.07) is 7.40. The van der Waals surface area contributed by atoms with Crippen molar-refractivity contribution in [2.24, 2.45) is 0 Å². The van der Waals surface area contributed by atoms with Gasteiger partial charge in [-0.3, -0.25) is 4.79 Å². The number of hydrogen-bond acceptors (Lipinski definition) is 3. The summed E-state index contributed by atoms with van der Waals surface area (Å²) < 4.78 is 0. The van der Waals surface area contributed by atoms with Crippen LogP contribution in [0.2, 0.25) is 5.02 Å². The summed E-state index contributed by atoms with van der Waals surface area (Å²) >= 11 is 5.96. The third-order valence-electron chi connectivity index (χ3n) is 3.36. The highest BCUT2D eigenvalue weighted by Gasteiger charge is 2.46. The maximum Gasteiger partial charge on any atom is 0.190 e. The lowest BCUT2D eigenvalue weighted by molar-refractivity contribution is 0.0928. The largest absolute Gasteiger partial charge is 0.319 e. The molecule has 3 nitrogen and oxygen atoms in total. The lowest BCUT2D eigenvalue weighted by Gasteiger charge is -2.32. The van der Waals surface area contributed by atoms with E-state index in [0.29, 0.717) is 16.3 Å². The van der Waals surface area contributed by atoms with Gasteiger partial charge in [0.1, 0.15) is 17.3 Å². The summed E-state index contributed by atoms with van der Waals surface area (Å²) in [7, 11) is 0. The fourth-order valence-electron chi connectivity index (χ4n) is 2.40. The number of anilines is 1. The van der Waals surface area contributed by atoms with E-state index in [-0.39, 0.29) is 5.78 Å². The smallest absolute Gasteiger partial charge is 0.190 e. The Bertz CT molecular complexity index is 634. The first-order valence-electron chi connectivity index (χ1n) is 6.03. The van der Waals surface area contributed by atoms with Crippen LogP contribution in [-0.4, -0.2) is 11.3 Å². The first-order chi connectivity index (χ1) is 8.80. The normalized spacial score (nSPS) is 16.0. The molecule has 1 heterocycles. The molecule has 1 aliphatic heterocycles. The molecule has 0 aliphatic carbocycles. The predicted octanol–water partition coefficient (Wildman–Crippen LogP) is 3.94. The molecule has 0 aromatic heterocycles. The Labute approximate surface area is 118 Å². The van der Waals surface area contributed by atoms with E-state index in [4.69, 9.17) is 11.6 Å². The fourth-order valence-corrected chi connectivity index (χ4v) is 2.57. The second-order valence-electron chi connectivity index (χ2n) is 5.35. The highest BCUT2D eigenvalue weighted by atomic mass is 35.5. The molecule has 0 N–H and O–H groups in total. The molecule has 0 amide bonds. The third kappa shape index (κ3) is 1.93. The van der Waals surface area contributed by atoms with Gasteiger partial charge < -0.3 is 4.90 Å². The molecule has 4 heteroatoms. The van der Waals surface area contributed by atoms with Crippen molar-refractivity contribution < 1.29 is 4.79 Å². The Morgan fingerprint density at radius 3 is 2.53 bits per heavy atom. The summed E-state index contributed by atoms with van der Waals surface area (Å²) in [6.07, 6.45) is 0. The molecule has 1 aromatic rings. The zero-order valence-electron chi connectivity index (χ0n) is 11.4. The molecular formula is C15H15ClN2O. The van der Waals surface area contributed by atoms with E-state index in [1.165, 1.54) is 0 Å². The van der Waals surface area contributed by atoms with Gasteiger partial charge in [-0.1, -0.05) is 11.6 Å². The molecule has 0 unspecified atom stereocenters. The van der Waals surface area contributed by atoms with Crippen molar-refractivity contribution in [2.75, 3.05) is 4.90 Å². The number of benzene rings is 1. The summed E-state index contributed by atoms with van der Waals surface area (Å²) in [5.74, 6) is -0.0148. The van der Waals surface area contributed by atoms with E-state index in [1.54, 1.807) is 23.1 Å². The number of allylic oxidation sites excluding steroid dienone is 2. The number of ketones is 1. The molecule has 0 radical (unpaired) electrons. The molecule has 0 saturated heterocycles. The molecule has 19 heavy (non-hydrogen) atoms. The van der Waals surface area contributed by atoms with Crippen molar-refractivity contribution in [1.29, 1.82) is 5.26 Å². The Morgan fingerprint density at radius 1 is 1.37 bits per heavy atom. The van der Waals surface area contributed by atoms with Gasteiger partial charge in [-0.15, -0.1) is 0 Å². The van der Waals surface area contributed by atoms with Gasteiger partial charge in [0, 0.05) is 10.6 Å². The average molecular weight is 275 g/mol. The van der Waals surface area contributed by atoms with Crippen LogP contribution in [0.5, 0.6) is 0 Å². The molecule has 1 aliphatic rings. The van der Waals surface area contributed by atoms with Gasteiger partial charge in [0.25, 0.3) is 0 Å². The van der Waals surface area contributed by atoms with E-state index in [9.17, 15) is 10.1 Å². The van der Waals surface area contributed by atoms with E-state index >= 15 is 0 Å². The molecule has 0 fully saturated rings. The molecule has 0 bridgehead atoms. The number of halogens is 1. The topological polar surface area (TPSA) is 44.1 Å². The number of nitrogens with zero attached hydrogens (tertiary/aromatic N) is 2. The first kappa shape index (κ1) is 13.6. The third-order valence-corrected chi connectivity index (χ3v) is 3.60. The van der Waals surface area contributed by atoms with Crippen LogP contribution in [0.3, 0.4) is 0 Å². The monoisotopic (exact) mass is 274 g/mol. The summed E-state index contributed by atoms with van der Waals surface area (Å²) in [4.78, 5) is 14.3. The number of Topliss-reactive ketones (excluding diaryl/α,β-unsaturated/α-hetero) is 1. The van der Waals surface area contributed by atoms with Crippen molar-refractivity contribution in [3.05, 3.63) is 40.1 Å². The molecule has 0 saturated carbocycles. The minimum absolute atomic E-state index is 0.0148. The maximum absolute atomic E-state index is 12.5. The molecule has 0 spiro atoms. The van der Waals surface area contributed by atoms with Crippen molar-refractivity contribution in [1.82, 2.24) is 0 Å². The van der Waals surface area contributed by atoms with Gasteiger partial charge in [0.2, 0.25) is 0 Å². The van der Waals surface area contributed by atoms with Gasteiger partial charge in [0.05, 0.1) is 5.69 Å². The second kappa shape index (κ2) is 4.40. The van der Waals surface area contributed by atoms with Crippen molar-refractivity contribution in [3.8, 4) is 6.07 Å². The lowest BCUT2D eigenvalue weighted by atomic mass is 9.97. The predicted molar refractivity (Wildman–Crippen MR) is 76.3 cm³/mol.